The molecule has 0 aromatic carbocycles. The van der Waals surface area contributed by atoms with E-state index in [9.17, 15) is 9.65 Å². The monoisotopic (exact) mass is 1600 g/mol. The van der Waals surface area contributed by atoms with Gasteiger partial charge in [0.15, 0.2) is 5.83 Å². The third-order valence-electron chi connectivity index (χ3n) is 19.3. The summed E-state index contributed by atoms with van der Waals surface area (Å²) in [6.45, 7) is 31.1. The molecule has 102 heavy (non-hydrogen) atoms. The highest BCUT2D eigenvalue weighted by atomic mass is 127. The Labute approximate surface area is 627 Å². The highest BCUT2D eigenvalue weighted by molar-refractivity contribution is 14.1. The number of nitrogens with zero attached hydrogens (tertiary/aromatic N) is 7. The zero-order chi connectivity index (χ0) is 79.9. The maximum atomic E-state index is 12.3. The summed E-state index contributed by atoms with van der Waals surface area (Å²) in [6, 6.07) is 14.7. The first kappa shape index (κ1) is 100. The lowest BCUT2D eigenvalue weighted by atomic mass is 9.83. The minimum absolute atomic E-state index is 0.230. The quantitative estimate of drug-likeness (QED) is 0.145. The minimum Gasteiger partial charge on any atom is -0.195 e. The molecule has 10 fully saturated rings. The molecule has 25 heteroatoms. The number of halogens is 4. The van der Waals surface area contributed by atoms with Gasteiger partial charge >= 0.3 is 43.1 Å². The van der Waals surface area contributed by atoms with Crippen LogP contribution < -0.4 is 0 Å². The van der Waals surface area contributed by atoms with Gasteiger partial charge in [0.2, 0.25) is 0 Å². The van der Waals surface area contributed by atoms with Crippen molar-refractivity contribution in [2.24, 2.45) is 97.1 Å². The predicted octanol–water partition coefficient (Wildman–Crippen LogP) is 17.3. The van der Waals surface area contributed by atoms with Crippen molar-refractivity contribution in [3.63, 3.8) is 0 Å². The second kappa shape index (κ2) is 50.9. The second-order valence-electron chi connectivity index (χ2n) is 30.5. The van der Waals surface area contributed by atoms with Crippen molar-refractivity contribution in [2.45, 2.75) is 213 Å². The molecule has 7 unspecified atom stereocenters. The number of hydrogen-bond donors (Lipinski definition) is 0. The zero-order valence-corrected chi connectivity index (χ0v) is 65.4. The van der Waals surface area contributed by atoms with E-state index in [0.29, 0.717) is 95.3 Å². The standard InChI is InChI=1S/C14H21N.C13H19N.C11H15N.C8H10BrN.C8H10ClN.C8H10FN.C8H10IN.7CO2/c1-14(2)9-13(14)8-12(10-15)11-6-4-3-5-7-11;1-13(2)8-12(13)7-11(9-14)10-5-3-4-6-10;1-11(2)6-10(11)5-9(7-12)8-3-4-8;4*1-8(2)4-6(8)3-7(9)5-10;7*2-1-3/h8,11,13H,3-7,9H2,1-2H3;7,10,12H,3-6,8H2,1-2H3;5,8,10H,3-4,6H2,1-2H3;4*3,6H,4H2,1-2H3;;;;;;;/b12-8-;11-7-;9-5-;4*7-3-;;;;;;;. The summed E-state index contributed by atoms with van der Waals surface area (Å²) < 4.78 is 13.8. The van der Waals surface area contributed by atoms with Crippen LogP contribution in [-0.4, -0.2) is 43.1 Å². The van der Waals surface area contributed by atoms with E-state index in [4.69, 9.17) is 110 Å². The smallest absolute Gasteiger partial charge is 0.195 e. The molecule has 0 bridgehead atoms. The van der Waals surface area contributed by atoms with Gasteiger partial charge in [0.25, 0.3) is 0 Å². The average Bonchev–Trinajstić information content (AvgIpc) is 1.68. The molecule has 10 rings (SSSR count). The van der Waals surface area contributed by atoms with E-state index < -0.39 is 5.83 Å². The van der Waals surface area contributed by atoms with Crippen LogP contribution >= 0.6 is 50.1 Å². The van der Waals surface area contributed by atoms with Gasteiger partial charge in [-0.25, -0.2) is 0 Å². The van der Waals surface area contributed by atoms with Gasteiger partial charge in [-0.2, -0.15) is 108 Å². The predicted molar refractivity (Wildman–Crippen MR) is 375 cm³/mol. The van der Waals surface area contributed by atoms with Gasteiger partial charge in [-0.05, 0) is 225 Å². The SMILES string of the molecule is CC1(C)CC1/C=C(/C#N)C1CC1.CC1(C)CC1/C=C(/C#N)C1CCCC1.CC1(C)CC1/C=C(/C#N)C1CCCCC1.CC1(C)CC1/C=C(\Br)C#N.CC1(C)CC1/C=C(\Cl)C#N.CC1(C)CC1/C=C(\F)C#N.CC1(C)CC1/C=C(\I)C#N.O=C=O.O=C=O.O=C=O.O=C=O.O=C=O.O=C=O.O=C=O. The molecule has 0 spiro atoms. The van der Waals surface area contributed by atoms with Gasteiger partial charge in [-0.15, -0.1) is 0 Å². The number of nitriles is 7. The van der Waals surface area contributed by atoms with Crippen LogP contribution in [0.15, 0.2) is 78.2 Å². The van der Waals surface area contributed by atoms with Gasteiger partial charge in [0.1, 0.15) is 29.3 Å². The first-order chi connectivity index (χ1) is 47.5. The maximum absolute atomic E-state index is 12.3. The van der Waals surface area contributed by atoms with Gasteiger partial charge in [0, 0.05) is 16.7 Å². The van der Waals surface area contributed by atoms with E-state index in [2.05, 4.69) is 190 Å². The van der Waals surface area contributed by atoms with Crippen LogP contribution in [0.2, 0.25) is 0 Å². The van der Waals surface area contributed by atoms with Gasteiger partial charge < -0.3 is 0 Å². The summed E-state index contributed by atoms with van der Waals surface area (Å²) in [5.74, 6) is 5.28. The molecule has 0 saturated heterocycles. The van der Waals surface area contributed by atoms with E-state index in [0.717, 1.165) is 33.1 Å². The van der Waals surface area contributed by atoms with E-state index in [-0.39, 0.29) is 54.4 Å². The molecule has 0 amide bonds. The minimum atomic E-state index is -0.643. The second-order valence-corrected chi connectivity index (χ2v) is 32.9. The first-order valence-corrected chi connectivity index (χ1v) is 35.2. The molecule has 0 aromatic heterocycles. The fraction of sp³-hybridized carbons (Fsp3) is 0.636. The maximum Gasteiger partial charge on any atom is 0.373 e. The summed E-state index contributed by atoms with van der Waals surface area (Å²) in [5, 5.41) is 60.8. The molecular weight excluding hydrogens is 1510 g/mol. The van der Waals surface area contributed by atoms with Gasteiger partial charge in [-0.1, -0.05) is 177 Å². The van der Waals surface area contributed by atoms with Gasteiger partial charge in [0.05, 0.1) is 26.3 Å². The van der Waals surface area contributed by atoms with Crippen LogP contribution in [0.25, 0.3) is 0 Å². The summed E-state index contributed by atoms with van der Waals surface area (Å²) in [6.07, 6.45) is 38.3. The Hall–Kier alpha value is -8.30. The molecule has 0 aliphatic heterocycles. The molecule has 0 aromatic rings. The van der Waals surface area contributed by atoms with Crippen LogP contribution in [-0.2, 0) is 67.1 Å². The highest BCUT2D eigenvalue weighted by Gasteiger charge is 2.48. The molecule has 550 valence electrons. The number of hydrogen-bond acceptors (Lipinski definition) is 21. The summed E-state index contributed by atoms with van der Waals surface area (Å²) in [7, 11) is 0. The molecule has 10 aliphatic carbocycles. The van der Waals surface area contributed by atoms with Crippen LogP contribution in [0.4, 0.5) is 4.39 Å². The van der Waals surface area contributed by atoms with Crippen LogP contribution in [0.3, 0.4) is 0 Å². The van der Waals surface area contributed by atoms with Crippen molar-refractivity contribution in [2.75, 3.05) is 0 Å². The van der Waals surface area contributed by atoms with Crippen molar-refractivity contribution in [3.05, 3.63) is 78.2 Å². The number of rotatable bonds is 10. The Morgan fingerprint density at radius 3 is 0.755 bits per heavy atom. The lowest BCUT2D eigenvalue weighted by molar-refractivity contribution is -0.193. The average molecular weight is 1600 g/mol. The molecule has 0 radical (unpaired) electrons. The van der Waals surface area contributed by atoms with E-state index in [1.165, 1.54) is 115 Å². The topological polar surface area (TPSA) is 406 Å². The first-order valence-electron chi connectivity index (χ1n) is 33.0. The lowest BCUT2D eigenvalue weighted by Crippen LogP contribution is -2.08. The van der Waals surface area contributed by atoms with Gasteiger partial charge in [-0.3, -0.25) is 0 Å². The van der Waals surface area contributed by atoms with Crippen LogP contribution in [0, 0.1) is 176 Å². The largest absolute Gasteiger partial charge is 0.373 e. The van der Waals surface area contributed by atoms with Crippen molar-refractivity contribution in [3.8, 4) is 42.5 Å². The zero-order valence-electron chi connectivity index (χ0n) is 60.9. The van der Waals surface area contributed by atoms with Crippen LogP contribution in [0.1, 0.15) is 213 Å². The Kier molecular flexibility index (Phi) is 50.0. The van der Waals surface area contributed by atoms with Crippen molar-refractivity contribution in [1.82, 2.24) is 0 Å². The third kappa shape index (κ3) is 47.0. The Morgan fingerprint density at radius 2 is 0.549 bits per heavy atom. The summed E-state index contributed by atoms with van der Waals surface area (Å²) in [4.78, 5) is 114. The van der Waals surface area contributed by atoms with Crippen LogP contribution in [0.5, 0.6) is 0 Å². The Bertz CT molecular complexity index is 3200. The van der Waals surface area contributed by atoms with E-state index >= 15 is 0 Å². The molecule has 10 saturated carbocycles. The fourth-order valence-corrected chi connectivity index (χ4v) is 11.8. The molecule has 21 nitrogen and oxygen atoms in total. The molecule has 10 aliphatic rings. The molecular formula is C77H95BrClFIN7O14. The fourth-order valence-electron chi connectivity index (χ4n) is 10.9. The van der Waals surface area contributed by atoms with E-state index in [1.807, 2.05) is 18.2 Å². The third-order valence-corrected chi connectivity index (χ3v) is 20.6. The normalized spacial score (nSPS) is 24.8. The summed E-state index contributed by atoms with van der Waals surface area (Å²) >= 11 is 10.8. The summed E-state index contributed by atoms with van der Waals surface area (Å²) in [5.41, 5.74) is 6.18. The molecule has 0 heterocycles. The number of carbonyl (C=O) groups excluding carboxylic acids is 14. The molecule has 7 atom stereocenters. The van der Waals surface area contributed by atoms with E-state index in [1.54, 1.807) is 0 Å². The van der Waals surface area contributed by atoms with Crippen molar-refractivity contribution < 1.29 is 71.5 Å². The Morgan fingerprint density at radius 1 is 0.333 bits per heavy atom. The Balaban J connectivity index is -0.000000527. The molecule has 0 N–H and O–H groups in total. The number of allylic oxidation sites excluding steroid dienone is 14. The van der Waals surface area contributed by atoms with Crippen molar-refractivity contribution >= 4 is 93.2 Å². The highest BCUT2D eigenvalue weighted by Crippen LogP contribution is 2.57. The van der Waals surface area contributed by atoms with Crippen molar-refractivity contribution in [1.29, 1.82) is 36.8 Å². The lowest BCUT2D eigenvalue weighted by Gasteiger charge is -2.20.